The van der Waals surface area contributed by atoms with Gasteiger partial charge in [0.1, 0.15) is 5.82 Å². The van der Waals surface area contributed by atoms with Gasteiger partial charge in [0.15, 0.2) is 0 Å². The number of anilines is 1. The fraction of sp³-hybridized carbons (Fsp3) is 0.625. The third kappa shape index (κ3) is 2.50. The van der Waals surface area contributed by atoms with Crippen molar-refractivity contribution in [3.05, 3.63) is 23.9 Å². The molecule has 1 aromatic rings. The molecule has 21 heavy (non-hydrogen) atoms. The van der Waals surface area contributed by atoms with Gasteiger partial charge in [0.25, 0.3) is 5.91 Å². The highest BCUT2D eigenvalue weighted by atomic mass is 16.3. The van der Waals surface area contributed by atoms with Crippen molar-refractivity contribution in [3.63, 3.8) is 0 Å². The number of hydrogen-bond donors (Lipinski definition) is 2. The third-order valence-electron chi connectivity index (χ3n) is 5.03. The predicted molar refractivity (Wildman–Crippen MR) is 81.2 cm³/mol. The molecular weight excluding hydrogens is 266 g/mol. The number of hydrogen-bond acceptors (Lipinski definition) is 4. The molecule has 5 nitrogen and oxygen atoms in total. The van der Waals surface area contributed by atoms with Crippen molar-refractivity contribution in [1.29, 1.82) is 0 Å². The quantitative estimate of drug-likeness (QED) is 0.872. The molecule has 2 heterocycles. The summed E-state index contributed by atoms with van der Waals surface area (Å²) in [6.07, 6.45) is 6.40. The molecule has 2 N–H and O–H groups in total. The molecule has 5 heteroatoms. The number of pyridine rings is 1. The van der Waals surface area contributed by atoms with Crippen molar-refractivity contribution in [2.24, 2.45) is 5.41 Å². The predicted octanol–water partition coefficient (Wildman–Crippen LogP) is 1.89. The van der Waals surface area contributed by atoms with Gasteiger partial charge in [-0.25, -0.2) is 4.98 Å². The molecule has 1 aliphatic heterocycles. The maximum atomic E-state index is 12.8. The number of nitrogens with zero attached hydrogens (tertiary/aromatic N) is 2. The Kier molecular flexibility index (Phi) is 3.85. The summed E-state index contributed by atoms with van der Waals surface area (Å²) in [5, 5.41) is 13.3. The summed E-state index contributed by atoms with van der Waals surface area (Å²) in [5.41, 5.74) is 0.542. The number of aliphatic hydroxyl groups is 1. The highest BCUT2D eigenvalue weighted by Crippen LogP contribution is 2.45. The van der Waals surface area contributed by atoms with Gasteiger partial charge in [0.05, 0.1) is 11.7 Å². The van der Waals surface area contributed by atoms with E-state index < -0.39 is 0 Å². The molecule has 1 saturated carbocycles. The van der Waals surface area contributed by atoms with Gasteiger partial charge in [-0.15, -0.1) is 0 Å². The molecule has 1 amide bonds. The van der Waals surface area contributed by atoms with Crippen LogP contribution in [0.3, 0.4) is 0 Å². The second-order valence-corrected chi connectivity index (χ2v) is 6.25. The molecule has 0 unspecified atom stereocenters. The van der Waals surface area contributed by atoms with E-state index in [0.717, 1.165) is 38.6 Å². The minimum Gasteiger partial charge on any atom is -0.392 e. The Bertz CT molecular complexity index is 534. The molecule has 1 aliphatic carbocycles. The fourth-order valence-corrected chi connectivity index (χ4v) is 3.88. The van der Waals surface area contributed by atoms with Crippen LogP contribution in [0, 0.1) is 5.41 Å². The Balaban J connectivity index is 1.81. The van der Waals surface area contributed by atoms with Gasteiger partial charge in [-0.2, -0.15) is 0 Å². The smallest absolute Gasteiger partial charge is 0.257 e. The van der Waals surface area contributed by atoms with Crippen molar-refractivity contribution in [1.82, 2.24) is 9.88 Å². The van der Waals surface area contributed by atoms with E-state index in [1.807, 2.05) is 11.0 Å². The normalized spacial score (nSPS) is 28.9. The summed E-state index contributed by atoms with van der Waals surface area (Å²) >= 11 is 0. The van der Waals surface area contributed by atoms with E-state index in [1.54, 1.807) is 19.3 Å². The van der Waals surface area contributed by atoms with E-state index in [2.05, 4.69) is 10.3 Å². The Morgan fingerprint density at radius 1 is 1.48 bits per heavy atom. The number of rotatable bonds is 2. The lowest BCUT2D eigenvalue weighted by atomic mass is 9.76. The zero-order valence-corrected chi connectivity index (χ0v) is 12.5. The lowest BCUT2D eigenvalue weighted by molar-refractivity contribution is -0.00533. The number of likely N-dealkylation sites (tertiary alicyclic amines) is 1. The molecule has 114 valence electrons. The largest absolute Gasteiger partial charge is 0.392 e. The molecule has 1 saturated heterocycles. The summed E-state index contributed by atoms with van der Waals surface area (Å²) in [4.78, 5) is 18.9. The highest BCUT2D eigenvalue weighted by Gasteiger charge is 2.45. The van der Waals surface area contributed by atoms with Crippen molar-refractivity contribution < 1.29 is 9.90 Å². The van der Waals surface area contributed by atoms with E-state index in [1.165, 1.54) is 0 Å². The van der Waals surface area contributed by atoms with Gasteiger partial charge in [-0.05, 0) is 37.8 Å². The SMILES string of the molecule is CNc1ncccc1C(=O)N1CCC[C@]2(CCC[C@H]2O)C1. The lowest BCUT2D eigenvalue weighted by Gasteiger charge is -2.42. The molecule has 0 bridgehead atoms. The summed E-state index contributed by atoms with van der Waals surface area (Å²) in [6.45, 7) is 1.44. The summed E-state index contributed by atoms with van der Waals surface area (Å²) in [7, 11) is 1.78. The van der Waals surface area contributed by atoms with Gasteiger partial charge in [-0.3, -0.25) is 4.79 Å². The molecule has 3 rings (SSSR count). The van der Waals surface area contributed by atoms with E-state index in [4.69, 9.17) is 0 Å². The van der Waals surface area contributed by atoms with Crippen LogP contribution in [0.2, 0.25) is 0 Å². The number of carbonyl (C=O) groups is 1. The van der Waals surface area contributed by atoms with Crippen LogP contribution < -0.4 is 5.32 Å². The second kappa shape index (κ2) is 5.64. The minimum absolute atomic E-state index is 0.0191. The number of aromatic nitrogens is 1. The number of amides is 1. The first-order valence-electron chi connectivity index (χ1n) is 7.76. The maximum Gasteiger partial charge on any atom is 0.257 e. The second-order valence-electron chi connectivity index (χ2n) is 6.25. The maximum absolute atomic E-state index is 12.8. The van der Waals surface area contributed by atoms with Crippen LogP contribution >= 0.6 is 0 Å². The van der Waals surface area contributed by atoms with Gasteiger partial charge >= 0.3 is 0 Å². The van der Waals surface area contributed by atoms with E-state index in [0.29, 0.717) is 17.9 Å². The van der Waals surface area contributed by atoms with Crippen molar-refractivity contribution in [2.45, 2.75) is 38.2 Å². The molecule has 0 aromatic carbocycles. The van der Waals surface area contributed by atoms with Crippen LogP contribution in [0.15, 0.2) is 18.3 Å². The average molecular weight is 289 g/mol. The summed E-state index contributed by atoms with van der Waals surface area (Å²) in [6, 6.07) is 3.60. The first-order valence-corrected chi connectivity index (χ1v) is 7.76. The van der Waals surface area contributed by atoms with Gasteiger partial charge in [-0.1, -0.05) is 6.42 Å². The Hall–Kier alpha value is -1.62. The first-order chi connectivity index (χ1) is 10.2. The van der Waals surface area contributed by atoms with E-state index in [-0.39, 0.29) is 17.4 Å². The van der Waals surface area contributed by atoms with Gasteiger partial charge < -0.3 is 15.3 Å². The number of piperidine rings is 1. The highest BCUT2D eigenvalue weighted by molar-refractivity contribution is 5.98. The van der Waals surface area contributed by atoms with Gasteiger partial charge in [0, 0.05) is 31.7 Å². The van der Waals surface area contributed by atoms with Crippen molar-refractivity contribution >= 4 is 11.7 Å². The van der Waals surface area contributed by atoms with Crippen LogP contribution in [0.25, 0.3) is 0 Å². The summed E-state index contributed by atoms with van der Waals surface area (Å²) < 4.78 is 0. The zero-order valence-electron chi connectivity index (χ0n) is 12.5. The topological polar surface area (TPSA) is 65.5 Å². The fourth-order valence-electron chi connectivity index (χ4n) is 3.88. The average Bonchev–Trinajstić information content (AvgIpc) is 2.87. The number of carbonyl (C=O) groups excluding carboxylic acids is 1. The Morgan fingerprint density at radius 2 is 2.29 bits per heavy atom. The molecular formula is C16H23N3O2. The molecule has 2 fully saturated rings. The standard InChI is InChI=1S/C16H23N3O2/c1-17-14-12(5-3-9-18-14)15(21)19-10-4-8-16(11-19)7-2-6-13(16)20/h3,5,9,13,20H,2,4,6-8,10-11H2,1H3,(H,17,18)/t13-,16-/m1/s1. The molecule has 1 spiro atoms. The molecule has 2 atom stereocenters. The summed E-state index contributed by atoms with van der Waals surface area (Å²) in [5.74, 6) is 0.639. The molecule has 2 aliphatic rings. The van der Waals surface area contributed by atoms with E-state index >= 15 is 0 Å². The minimum atomic E-state index is -0.259. The Labute approximate surface area is 125 Å². The van der Waals surface area contributed by atoms with E-state index in [9.17, 15) is 9.90 Å². The molecule has 1 aromatic heterocycles. The molecule has 0 radical (unpaired) electrons. The van der Waals surface area contributed by atoms with Gasteiger partial charge in [0.2, 0.25) is 0 Å². The zero-order chi connectivity index (χ0) is 14.9. The Morgan fingerprint density at radius 3 is 3.00 bits per heavy atom. The number of nitrogens with one attached hydrogen (secondary N) is 1. The van der Waals surface area contributed by atoms with Crippen LogP contribution in [0.5, 0.6) is 0 Å². The van der Waals surface area contributed by atoms with Crippen molar-refractivity contribution in [2.75, 3.05) is 25.5 Å². The third-order valence-corrected chi connectivity index (χ3v) is 5.03. The first kappa shape index (κ1) is 14.3. The lowest BCUT2D eigenvalue weighted by Crippen LogP contribution is -2.49. The number of aliphatic hydroxyl groups excluding tert-OH is 1. The van der Waals surface area contributed by atoms with Crippen LogP contribution in [0.1, 0.15) is 42.5 Å². The monoisotopic (exact) mass is 289 g/mol. The van der Waals surface area contributed by atoms with Crippen LogP contribution in [0.4, 0.5) is 5.82 Å². The van der Waals surface area contributed by atoms with Crippen LogP contribution in [-0.4, -0.2) is 47.1 Å². The van der Waals surface area contributed by atoms with Crippen molar-refractivity contribution in [3.8, 4) is 0 Å². The van der Waals surface area contributed by atoms with Crippen LogP contribution in [-0.2, 0) is 0 Å².